The first-order valence-electron chi connectivity index (χ1n) is 8.38. The van der Waals surface area contributed by atoms with Crippen LogP contribution in [0.25, 0.3) is 20.9 Å². The molecule has 1 aromatic carbocycles. The van der Waals surface area contributed by atoms with Gasteiger partial charge in [0.05, 0.1) is 4.70 Å². The first-order valence-corrected chi connectivity index (χ1v) is 9.20. The molecule has 0 aliphatic heterocycles. The summed E-state index contributed by atoms with van der Waals surface area (Å²) in [6, 6.07) is 12.2. The van der Waals surface area contributed by atoms with Gasteiger partial charge in [-0.2, -0.15) is 0 Å². The van der Waals surface area contributed by atoms with Gasteiger partial charge in [-0.05, 0) is 31.7 Å². The number of nitrogens with zero attached hydrogens (tertiary/aromatic N) is 1. The van der Waals surface area contributed by atoms with Crippen LogP contribution in [-0.4, -0.2) is 21.9 Å². The Kier molecular flexibility index (Phi) is 5.00. The normalized spacial score (nSPS) is 12.7. The highest BCUT2D eigenvalue weighted by Crippen LogP contribution is 2.30. The number of H-pyrrole nitrogens is 1. The van der Waals surface area contributed by atoms with Crippen LogP contribution >= 0.6 is 11.3 Å². The zero-order valence-corrected chi connectivity index (χ0v) is 15.1. The lowest BCUT2D eigenvalue weighted by molar-refractivity contribution is 0.0933. The Morgan fingerprint density at radius 3 is 2.62 bits per heavy atom. The van der Waals surface area contributed by atoms with Gasteiger partial charge in [0.25, 0.3) is 5.91 Å². The molecule has 1 amide bonds. The molecule has 126 valence electrons. The van der Waals surface area contributed by atoms with Gasteiger partial charge < -0.3 is 10.3 Å². The molecule has 5 heteroatoms. The van der Waals surface area contributed by atoms with Crippen LogP contribution in [0.2, 0.25) is 0 Å². The van der Waals surface area contributed by atoms with E-state index in [1.165, 1.54) is 0 Å². The van der Waals surface area contributed by atoms with Gasteiger partial charge in [0.15, 0.2) is 0 Å². The van der Waals surface area contributed by atoms with Gasteiger partial charge in [-0.15, -0.1) is 11.3 Å². The number of rotatable bonds is 6. The van der Waals surface area contributed by atoms with Crippen molar-refractivity contribution in [2.75, 3.05) is 0 Å². The first-order chi connectivity index (χ1) is 11.5. The molecule has 3 rings (SSSR count). The van der Waals surface area contributed by atoms with E-state index in [-0.39, 0.29) is 11.9 Å². The minimum Gasteiger partial charge on any atom is -0.348 e. The van der Waals surface area contributed by atoms with E-state index >= 15 is 0 Å². The second-order valence-electron chi connectivity index (χ2n) is 6.63. The highest BCUT2D eigenvalue weighted by atomic mass is 32.1. The Hall–Kier alpha value is -2.14. The van der Waals surface area contributed by atoms with E-state index < -0.39 is 0 Å². The predicted octanol–water partition coefficient (Wildman–Crippen LogP) is 4.85. The number of fused-ring (bicyclic) bond motifs is 1. The lowest BCUT2D eigenvalue weighted by Crippen LogP contribution is -2.32. The van der Waals surface area contributed by atoms with E-state index in [0.29, 0.717) is 11.6 Å². The van der Waals surface area contributed by atoms with Gasteiger partial charge in [0.2, 0.25) is 0 Å². The SMILES string of the molecule is CC(C)CCC(C)NC(=O)c1cc2sc(-c3ccccc3)nc2[nH]1. The number of carbonyl (C=O) groups excluding carboxylic acids is 1. The Morgan fingerprint density at radius 2 is 1.96 bits per heavy atom. The number of amides is 1. The highest BCUT2D eigenvalue weighted by molar-refractivity contribution is 7.21. The number of carbonyl (C=O) groups is 1. The van der Waals surface area contributed by atoms with E-state index in [4.69, 9.17) is 0 Å². The van der Waals surface area contributed by atoms with E-state index in [2.05, 4.69) is 36.1 Å². The summed E-state index contributed by atoms with van der Waals surface area (Å²) in [5.74, 6) is 0.596. The summed E-state index contributed by atoms with van der Waals surface area (Å²) in [5.41, 5.74) is 2.46. The Bertz CT molecular complexity index is 788. The molecule has 2 heterocycles. The van der Waals surface area contributed by atoms with Gasteiger partial charge in [0.1, 0.15) is 16.3 Å². The van der Waals surface area contributed by atoms with Crippen LogP contribution in [0.15, 0.2) is 36.4 Å². The number of nitrogens with one attached hydrogen (secondary N) is 2. The largest absolute Gasteiger partial charge is 0.348 e. The molecule has 0 saturated heterocycles. The predicted molar refractivity (Wildman–Crippen MR) is 100 cm³/mol. The fourth-order valence-corrected chi connectivity index (χ4v) is 3.57. The van der Waals surface area contributed by atoms with Gasteiger partial charge >= 0.3 is 0 Å². The number of benzene rings is 1. The van der Waals surface area contributed by atoms with Crippen molar-refractivity contribution < 1.29 is 4.79 Å². The monoisotopic (exact) mass is 341 g/mol. The van der Waals surface area contributed by atoms with E-state index in [1.54, 1.807) is 11.3 Å². The number of aromatic nitrogens is 2. The molecule has 2 N–H and O–H groups in total. The third-order valence-corrected chi connectivity index (χ3v) is 5.05. The number of thiazole rings is 1. The van der Waals surface area contributed by atoms with Crippen molar-refractivity contribution in [1.29, 1.82) is 0 Å². The average molecular weight is 341 g/mol. The zero-order chi connectivity index (χ0) is 17.1. The van der Waals surface area contributed by atoms with Crippen LogP contribution in [0.4, 0.5) is 0 Å². The van der Waals surface area contributed by atoms with E-state index in [0.717, 1.165) is 33.8 Å². The number of hydrogen-bond donors (Lipinski definition) is 2. The molecule has 1 unspecified atom stereocenters. The second-order valence-corrected chi connectivity index (χ2v) is 7.66. The van der Waals surface area contributed by atoms with Crippen molar-refractivity contribution in [3.05, 3.63) is 42.1 Å². The van der Waals surface area contributed by atoms with E-state index in [1.807, 2.05) is 36.4 Å². The summed E-state index contributed by atoms with van der Waals surface area (Å²) >= 11 is 1.60. The second kappa shape index (κ2) is 7.18. The van der Waals surface area contributed by atoms with Crippen LogP contribution in [-0.2, 0) is 0 Å². The standard InChI is InChI=1S/C19H23N3OS/c1-12(2)9-10-13(3)20-18(23)15-11-16-17(21-15)22-19(24-16)14-7-5-4-6-8-14/h4-8,11-13,21H,9-10H2,1-3H3,(H,20,23). The number of hydrogen-bond acceptors (Lipinski definition) is 3. The van der Waals surface area contributed by atoms with Crippen LogP contribution in [0.5, 0.6) is 0 Å². The maximum atomic E-state index is 12.4. The molecule has 0 bridgehead atoms. The maximum absolute atomic E-state index is 12.4. The molecule has 0 radical (unpaired) electrons. The highest BCUT2D eigenvalue weighted by Gasteiger charge is 2.15. The molecule has 0 spiro atoms. The van der Waals surface area contributed by atoms with Crippen molar-refractivity contribution >= 4 is 27.6 Å². The third-order valence-electron chi connectivity index (χ3n) is 4.00. The lowest BCUT2D eigenvalue weighted by atomic mass is 10.0. The molecule has 4 nitrogen and oxygen atoms in total. The van der Waals surface area contributed by atoms with Gasteiger partial charge in [-0.3, -0.25) is 4.79 Å². The summed E-state index contributed by atoms with van der Waals surface area (Å²) in [4.78, 5) is 20.1. The van der Waals surface area contributed by atoms with Gasteiger partial charge in [-0.1, -0.05) is 44.2 Å². The molecular weight excluding hydrogens is 318 g/mol. The Morgan fingerprint density at radius 1 is 1.21 bits per heavy atom. The molecule has 3 aromatic rings. The average Bonchev–Trinajstić information content (AvgIpc) is 3.12. The van der Waals surface area contributed by atoms with Crippen molar-refractivity contribution in [3.63, 3.8) is 0 Å². The maximum Gasteiger partial charge on any atom is 0.268 e. The summed E-state index contributed by atoms with van der Waals surface area (Å²) in [6.45, 7) is 6.45. The quantitative estimate of drug-likeness (QED) is 0.673. The molecule has 1 atom stereocenters. The molecule has 0 fully saturated rings. The van der Waals surface area contributed by atoms with Crippen molar-refractivity contribution in [3.8, 4) is 10.6 Å². The zero-order valence-electron chi connectivity index (χ0n) is 14.3. The Labute approximate surface area is 146 Å². The summed E-state index contributed by atoms with van der Waals surface area (Å²) < 4.78 is 1.01. The summed E-state index contributed by atoms with van der Waals surface area (Å²) in [6.07, 6.45) is 2.11. The van der Waals surface area contributed by atoms with Gasteiger partial charge in [-0.25, -0.2) is 4.98 Å². The fourth-order valence-electron chi connectivity index (χ4n) is 2.60. The van der Waals surface area contributed by atoms with Crippen molar-refractivity contribution in [1.82, 2.24) is 15.3 Å². The Balaban J connectivity index is 1.70. The minimum atomic E-state index is -0.0577. The molecule has 0 aliphatic carbocycles. The smallest absolute Gasteiger partial charge is 0.268 e. The molecule has 2 aromatic heterocycles. The molecular formula is C19H23N3OS. The van der Waals surface area contributed by atoms with Crippen LogP contribution in [0, 0.1) is 5.92 Å². The first kappa shape index (κ1) is 16.7. The molecule has 0 saturated carbocycles. The fraction of sp³-hybridized carbons (Fsp3) is 0.368. The van der Waals surface area contributed by atoms with E-state index in [9.17, 15) is 4.79 Å². The summed E-state index contributed by atoms with van der Waals surface area (Å²) in [7, 11) is 0. The third kappa shape index (κ3) is 3.85. The van der Waals surface area contributed by atoms with Crippen LogP contribution < -0.4 is 5.32 Å². The summed E-state index contributed by atoms with van der Waals surface area (Å²) in [5, 5.41) is 4.02. The lowest BCUT2D eigenvalue weighted by Gasteiger charge is -2.14. The van der Waals surface area contributed by atoms with Crippen LogP contribution in [0.3, 0.4) is 0 Å². The number of aromatic amines is 1. The molecule has 0 aliphatic rings. The topological polar surface area (TPSA) is 57.8 Å². The van der Waals surface area contributed by atoms with Crippen LogP contribution in [0.1, 0.15) is 44.1 Å². The van der Waals surface area contributed by atoms with Gasteiger partial charge in [0, 0.05) is 11.6 Å². The molecule has 24 heavy (non-hydrogen) atoms. The van der Waals surface area contributed by atoms with Crippen molar-refractivity contribution in [2.24, 2.45) is 5.92 Å². The van der Waals surface area contributed by atoms with Crippen molar-refractivity contribution in [2.45, 2.75) is 39.7 Å². The minimum absolute atomic E-state index is 0.0577.